The molecule has 0 spiro atoms. The summed E-state index contributed by atoms with van der Waals surface area (Å²) < 4.78 is 24.4. The zero-order valence-corrected chi connectivity index (χ0v) is 12.4. The third kappa shape index (κ3) is 4.20. The number of nitrogens with one attached hydrogen (secondary N) is 1. The van der Waals surface area contributed by atoms with Crippen LogP contribution in [0.1, 0.15) is 19.4 Å². The van der Waals surface area contributed by atoms with E-state index < -0.39 is 15.9 Å². The smallest absolute Gasteiger partial charge is 0.318 e. The molecule has 1 N–H and O–H groups in total. The summed E-state index contributed by atoms with van der Waals surface area (Å²) >= 11 is 0. The molecule has 0 aliphatic rings. The molecule has 19 heavy (non-hydrogen) atoms. The Hall–Kier alpha value is -1.63. The Balaban J connectivity index is 2.87. The van der Waals surface area contributed by atoms with E-state index in [1.807, 2.05) is 13.8 Å². The highest BCUT2D eigenvalue weighted by Crippen LogP contribution is 2.15. The molecule has 0 bridgehead atoms. The number of hydrogen-bond donors (Lipinski definition) is 1. The summed E-state index contributed by atoms with van der Waals surface area (Å²) in [5.41, 5.74) is 0.618. The maximum absolute atomic E-state index is 12.2. The van der Waals surface area contributed by atoms with Gasteiger partial charge in [0.15, 0.2) is 9.84 Å². The molecule has 0 atom stereocenters. The van der Waals surface area contributed by atoms with Crippen LogP contribution in [-0.2, 0) is 9.84 Å². The first kappa shape index (κ1) is 15.4. The number of hydrogen-bond acceptors (Lipinski definition) is 4. The van der Waals surface area contributed by atoms with Crippen LogP contribution in [0.5, 0.6) is 0 Å². The molecule has 0 saturated carbocycles. The van der Waals surface area contributed by atoms with Gasteiger partial charge in [0, 0.05) is 25.5 Å². The molecular formula is C12H19N3O3S. The van der Waals surface area contributed by atoms with Gasteiger partial charge in [-0.15, -0.1) is 0 Å². The fraction of sp³-hybridized carbons (Fsp3) is 0.500. The number of aryl methyl sites for hydroxylation is 1. The number of sulfone groups is 1. The Kier molecular flexibility index (Phi) is 4.88. The van der Waals surface area contributed by atoms with Crippen molar-refractivity contribution in [2.24, 2.45) is 0 Å². The van der Waals surface area contributed by atoms with E-state index in [1.54, 1.807) is 13.0 Å². The standard InChI is InChI=1S/C12H19N3O3S/c1-9(2)14-12(16)15(4)8-19(17,18)11-7-13-6-5-10(11)3/h5-7,9H,8H2,1-4H3,(H,14,16). The summed E-state index contributed by atoms with van der Waals surface area (Å²) in [6.45, 7) is 5.32. The van der Waals surface area contributed by atoms with Crippen molar-refractivity contribution >= 4 is 15.9 Å². The summed E-state index contributed by atoms with van der Waals surface area (Å²) in [4.78, 5) is 16.8. The van der Waals surface area contributed by atoms with Crippen LogP contribution in [0.3, 0.4) is 0 Å². The minimum Gasteiger partial charge on any atom is -0.336 e. The third-order valence-corrected chi connectivity index (χ3v) is 4.27. The van der Waals surface area contributed by atoms with E-state index in [0.29, 0.717) is 5.56 Å². The minimum atomic E-state index is -3.57. The second kappa shape index (κ2) is 6.01. The molecule has 2 amide bonds. The van der Waals surface area contributed by atoms with E-state index in [9.17, 15) is 13.2 Å². The van der Waals surface area contributed by atoms with Crippen molar-refractivity contribution < 1.29 is 13.2 Å². The molecule has 0 aliphatic carbocycles. The molecule has 0 aromatic carbocycles. The second-order valence-electron chi connectivity index (χ2n) is 4.69. The predicted octanol–water partition coefficient (Wildman–Crippen LogP) is 1.17. The zero-order chi connectivity index (χ0) is 14.6. The number of carbonyl (C=O) groups is 1. The van der Waals surface area contributed by atoms with Crippen LogP contribution in [0.25, 0.3) is 0 Å². The van der Waals surface area contributed by atoms with Crippen molar-refractivity contribution in [2.45, 2.75) is 31.7 Å². The lowest BCUT2D eigenvalue weighted by Gasteiger charge is -2.20. The Morgan fingerprint density at radius 2 is 2.11 bits per heavy atom. The Labute approximate surface area is 113 Å². The van der Waals surface area contributed by atoms with E-state index in [4.69, 9.17) is 0 Å². The van der Waals surface area contributed by atoms with Crippen LogP contribution in [0.4, 0.5) is 4.79 Å². The Morgan fingerprint density at radius 3 is 2.63 bits per heavy atom. The third-order valence-electron chi connectivity index (χ3n) is 2.45. The SMILES string of the molecule is Cc1ccncc1S(=O)(=O)CN(C)C(=O)NC(C)C. The van der Waals surface area contributed by atoms with Crippen LogP contribution >= 0.6 is 0 Å². The highest BCUT2D eigenvalue weighted by atomic mass is 32.2. The molecule has 106 valence electrons. The molecule has 0 aliphatic heterocycles. The summed E-state index contributed by atoms with van der Waals surface area (Å²) in [7, 11) is -2.12. The first-order chi connectivity index (χ1) is 8.74. The van der Waals surface area contributed by atoms with Crippen molar-refractivity contribution in [2.75, 3.05) is 12.9 Å². The largest absolute Gasteiger partial charge is 0.336 e. The lowest BCUT2D eigenvalue weighted by atomic mass is 10.3. The number of rotatable bonds is 4. The van der Waals surface area contributed by atoms with Crippen molar-refractivity contribution in [1.29, 1.82) is 0 Å². The number of carbonyl (C=O) groups excluding carboxylic acids is 1. The lowest BCUT2D eigenvalue weighted by molar-refractivity contribution is 0.212. The van der Waals surface area contributed by atoms with Gasteiger partial charge in [0.05, 0.1) is 4.90 Å². The molecule has 1 aromatic heterocycles. The molecule has 0 radical (unpaired) electrons. The van der Waals surface area contributed by atoms with Gasteiger partial charge in [0.25, 0.3) is 0 Å². The highest BCUT2D eigenvalue weighted by Gasteiger charge is 2.22. The van der Waals surface area contributed by atoms with Crippen molar-refractivity contribution in [3.8, 4) is 0 Å². The Bertz CT molecular complexity index is 555. The molecule has 0 saturated heterocycles. The lowest BCUT2D eigenvalue weighted by Crippen LogP contribution is -2.42. The molecule has 1 heterocycles. The van der Waals surface area contributed by atoms with E-state index in [0.717, 1.165) is 4.90 Å². The number of amides is 2. The zero-order valence-electron chi connectivity index (χ0n) is 11.5. The van der Waals surface area contributed by atoms with Gasteiger partial charge >= 0.3 is 6.03 Å². The average molecular weight is 285 g/mol. The van der Waals surface area contributed by atoms with Crippen LogP contribution < -0.4 is 5.32 Å². The number of aromatic nitrogens is 1. The van der Waals surface area contributed by atoms with E-state index >= 15 is 0 Å². The van der Waals surface area contributed by atoms with E-state index in [2.05, 4.69) is 10.3 Å². The van der Waals surface area contributed by atoms with Gasteiger partial charge in [-0.1, -0.05) is 0 Å². The quantitative estimate of drug-likeness (QED) is 0.900. The van der Waals surface area contributed by atoms with Crippen LogP contribution in [0.15, 0.2) is 23.4 Å². The van der Waals surface area contributed by atoms with E-state index in [-0.39, 0.29) is 16.8 Å². The van der Waals surface area contributed by atoms with Gasteiger partial charge in [-0.2, -0.15) is 0 Å². The van der Waals surface area contributed by atoms with Gasteiger partial charge in [0.1, 0.15) is 5.88 Å². The summed E-state index contributed by atoms with van der Waals surface area (Å²) in [6, 6.07) is 1.17. The van der Waals surface area contributed by atoms with Crippen molar-refractivity contribution in [1.82, 2.24) is 15.2 Å². The molecule has 7 heteroatoms. The highest BCUT2D eigenvalue weighted by molar-refractivity contribution is 7.91. The van der Waals surface area contributed by atoms with Crippen LogP contribution in [-0.4, -0.2) is 43.3 Å². The van der Waals surface area contributed by atoms with Gasteiger partial charge < -0.3 is 10.2 Å². The second-order valence-corrected chi connectivity index (χ2v) is 6.61. The fourth-order valence-electron chi connectivity index (χ4n) is 1.52. The predicted molar refractivity (Wildman–Crippen MR) is 72.5 cm³/mol. The molecule has 1 aromatic rings. The molecular weight excluding hydrogens is 266 g/mol. The maximum atomic E-state index is 12.2. The molecule has 0 unspecified atom stereocenters. The fourth-order valence-corrected chi connectivity index (χ4v) is 3.06. The normalized spacial score (nSPS) is 11.4. The molecule has 1 rings (SSSR count). The minimum absolute atomic E-state index is 0.0437. The summed E-state index contributed by atoms with van der Waals surface area (Å²) in [5.74, 6) is -0.377. The summed E-state index contributed by atoms with van der Waals surface area (Å²) in [6.07, 6.45) is 2.84. The van der Waals surface area contributed by atoms with Crippen LogP contribution in [0, 0.1) is 6.92 Å². The first-order valence-corrected chi connectivity index (χ1v) is 7.54. The molecule has 0 fully saturated rings. The summed E-state index contributed by atoms with van der Waals surface area (Å²) in [5, 5.41) is 2.64. The topological polar surface area (TPSA) is 79.4 Å². The maximum Gasteiger partial charge on any atom is 0.318 e. The van der Waals surface area contributed by atoms with Crippen LogP contribution in [0.2, 0.25) is 0 Å². The number of urea groups is 1. The monoisotopic (exact) mass is 285 g/mol. The van der Waals surface area contributed by atoms with Crippen molar-refractivity contribution in [3.05, 3.63) is 24.0 Å². The average Bonchev–Trinajstić information content (AvgIpc) is 2.27. The number of pyridine rings is 1. The number of nitrogens with zero attached hydrogens (tertiary/aromatic N) is 2. The van der Waals surface area contributed by atoms with Gasteiger partial charge in [-0.25, -0.2) is 13.2 Å². The van der Waals surface area contributed by atoms with Gasteiger partial charge in [-0.05, 0) is 32.4 Å². The Morgan fingerprint density at radius 1 is 1.47 bits per heavy atom. The van der Waals surface area contributed by atoms with Gasteiger partial charge in [-0.3, -0.25) is 4.98 Å². The molecule has 6 nitrogen and oxygen atoms in total. The van der Waals surface area contributed by atoms with Crippen molar-refractivity contribution in [3.63, 3.8) is 0 Å². The first-order valence-electron chi connectivity index (χ1n) is 5.89. The van der Waals surface area contributed by atoms with Gasteiger partial charge in [0.2, 0.25) is 0 Å². The van der Waals surface area contributed by atoms with E-state index in [1.165, 1.54) is 19.4 Å².